The van der Waals surface area contributed by atoms with E-state index in [1.54, 1.807) is 0 Å². The molecule has 2 aromatic carbocycles. The Bertz CT molecular complexity index is 608. The van der Waals surface area contributed by atoms with Crippen molar-refractivity contribution in [3.63, 3.8) is 0 Å². The Hall–Kier alpha value is -1.48. The third-order valence-corrected chi connectivity index (χ3v) is 4.32. The molecular formula is C17H21BrN2. The van der Waals surface area contributed by atoms with E-state index in [9.17, 15) is 0 Å². The van der Waals surface area contributed by atoms with Crippen molar-refractivity contribution in [1.82, 2.24) is 0 Å². The van der Waals surface area contributed by atoms with Crippen molar-refractivity contribution in [2.24, 2.45) is 0 Å². The lowest BCUT2D eigenvalue weighted by atomic mass is 10.1. The van der Waals surface area contributed by atoms with Gasteiger partial charge in [0.15, 0.2) is 0 Å². The average Bonchev–Trinajstić information content (AvgIpc) is 2.42. The third-order valence-electron chi connectivity index (χ3n) is 3.68. The molecule has 2 nitrogen and oxygen atoms in total. The van der Waals surface area contributed by atoms with E-state index in [0.29, 0.717) is 0 Å². The van der Waals surface area contributed by atoms with Gasteiger partial charge in [0, 0.05) is 23.2 Å². The van der Waals surface area contributed by atoms with Crippen LogP contribution in [0.15, 0.2) is 40.9 Å². The standard InChI is InChI=1S/C17H21BrN2/c1-4-20(11-14-8-6-5-7-12(14)2)17-9-13(3)16(19)10-15(17)18/h5-10H,4,11,19H2,1-3H3. The van der Waals surface area contributed by atoms with Gasteiger partial charge in [0.2, 0.25) is 0 Å². The molecule has 0 bridgehead atoms. The van der Waals surface area contributed by atoms with Gasteiger partial charge in [-0.25, -0.2) is 0 Å². The highest BCUT2D eigenvalue weighted by Gasteiger charge is 2.12. The minimum atomic E-state index is 0.826. The Balaban J connectivity index is 2.34. The summed E-state index contributed by atoms with van der Waals surface area (Å²) in [6.45, 7) is 8.25. The lowest BCUT2D eigenvalue weighted by Gasteiger charge is -2.26. The maximum absolute atomic E-state index is 5.96. The maximum Gasteiger partial charge on any atom is 0.0517 e. The summed E-state index contributed by atoms with van der Waals surface area (Å²) in [6, 6.07) is 12.7. The normalized spacial score (nSPS) is 10.6. The molecule has 0 aliphatic rings. The SMILES string of the molecule is CCN(Cc1ccccc1C)c1cc(C)c(N)cc1Br. The zero-order valence-corrected chi connectivity index (χ0v) is 13.9. The number of halogens is 1. The minimum absolute atomic E-state index is 0.826. The maximum atomic E-state index is 5.96. The largest absolute Gasteiger partial charge is 0.398 e. The summed E-state index contributed by atoms with van der Waals surface area (Å²) >= 11 is 3.63. The van der Waals surface area contributed by atoms with Crippen molar-refractivity contribution >= 4 is 27.3 Å². The summed E-state index contributed by atoms with van der Waals surface area (Å²) in [6.07, 6.45) is 0. The van der Waals surface area contributed by atoms with Crippen LogP contribution in [0, 0.1) is 13.8 Å². The number of hydrogen-bond donors (Lipinski definition) is 1. The summed E-state index contributed by atoms with van der Waals surface area (Å²) in [7, 11) is 0. The summed E-state index contributed by atoms with van der Waals surface area (Å²) in [5.41, 5.74) is 11.8. The number of benzene rings is 2. The van der Waals surface area contributed by atoms with Crippen LogP contribution in [0.4, 0.5) is 11.4 Å². The fraction of sp³-hybridized carbons (Fsp3) is 0.294. The Kier molecular flexibility index (Phi) is 4.71. The Morgan fingerprint density at radius 3 is 2.45 bits per heavy atom. The number of nitrogens with two attached hydrogens (primary N) is 1. The number of hydrogen-bond acceptors (Lipinski definition) is 2. The molecule has 2 N–H and O–H groups in total. The first-order valence-electron chi connectivity index (χ1n) is 6.88. The van der Waals surface area contributed by atoms with Crippen molar-refractivity contribution in [2.75, 3.05) is 17.2 Å². The van der Waals surface area contributed by atoms with E-state index in [1.807, 2.05) is 13.0 Å². The van der Waals surface area contributed by atoms with Gasteiger partial charge >= 0.3 is 0 Å². The lowest BCUT2D eigenvalue weighted by Crippen LogP contribution is -2.23. The Morgan fingerprint density at radius 2 is 1.80 bits per heavy atom. The van der Waals surface area contributed by atoms with Gasteiger partial charge in [-0.3, -0.25) is 0 Å². The molecule has 3 heteroatoms. The summed E-state index contributed by atoms with van der Waals surface area (Å²) in [5, 5.41) is 0. The number of aryl methyl sites for hydroxylation is 2. The number of nitrogens with zero attached hydrogens (tertiary/aromatic N) is 1. The summed E-state index contributed by atoms with van der Waals surface area (Å²) in [5.74, 6) is 0. The van der Waals surface area contributed by atoms with E-state index in [4.69, 9.17) is 5.73 Å². The van der Waals surface area contributed by atoms with Crippen molar-refractivity contribution in [1.29, 1.82) is 0 Å². The van der Waals surface area contributed by atoms with Crippen LogP contribution >= 0.6 is 15.9 Å². The number of rotatable bonds is 4. The molecule has 0 aliphatic heterocycles. The highest BCUT2D eigenvalue weighted by Crippen LogP contribution is 2.32. The molecule has 2 aromatic rings. The van der Waals surface area contributed by atoms with Crippen LogP contribution in [0.2, 0.25) is 0 Å². The second kappa shape index (κ2) is 6.31. The Labute approximate surface area is 129 Å². The van der Waals surface area contributed by atoms with Gasteiger partial charge in [-0.2, -0.15) is 0 Å². The molecular weight excluding hydrogens is 312 g/mol. The molecule has 0 unspecified atom stereocenters. The molecule has 0 radical (unpaired) electrons. The van der Waals surface area contributed by atoms with Crippen LogP contribution in [0.5, 0.6) is 0 Å². The molecule has 0 saturated heterocycles. The van der Waals surface area contributed by atoms with Gasteiger partial charge in [0.1, 0.15) is 0 Å². The topological polar surface area (TPSA) is 29.3 Å². The van der Waals surface area contributed by atoms with Crippen LogP contribution in [0.25, 0.3) is 0 Å². The van der Waals surface area contributed by atoms with Crippen LogP contribution in [0.3, 0.4) is 0 Å². The van der Waals surface area contributed by atoms with Crippen LogP contribution in [-0.4, -0.2) is 6.54 Å². The molecule has 0 atom stereocenters. The van der Waals surface area contributed by atoms with Gasteiger partial charge in [0.25, 0.3) is 0 Å². The van der Waals surface area contributed by atoms with E-state index in [0.717, 1.165) is 28.8 Å². The summed E-state index contributed by atoms with van der Waals surface area (Å²) < 4.78 is 1.05. The first-order chi connectivity index (χ1) is 9.52. The Morgan fingerprint density at radius 1 is 1.10 bits per heavy atom. The first-order valence-corrected chi connectivity index (χ1v) is 7.67. The van der Waals surface area contributed by atoms with Crippen LogP contribution in [0.1, 0.15) is 23.6 Å². The minimum Gasteiger partial charge on any atom is -0.398 e. The van der Waals surface area contributed by atoms with E-state index < -0.39 is 0 Å². The van der Waals surface area contributed by atoms with E-state index in [2.05, 4.69) is 65.0 Å². The average molecular weight is 333 g/mol. The van der Waals surface area contributed by atoms with E-state index >= 15 is 0 Å². The number of nitrogen functional groups attached to an aromatic ring is 1. The van der Waals surface area contributed by atoms with Crippen molar-refractivity contribution in [2.45, 2.75) is 27.3 Å². The lowest BCUT2D eigenvalue weighted by molar-refractivity contribution is 0.824. The quantitative estimate of drug-likeness (QED) is 0.824. The smallest absolute Gasteiger partial charge is 0.0517 e. The zero-order valence-electron chi connectivity index (χ0n) is 12.3. The molecule has 20 heavy (non-hydrogen) atoms. The van der Waals surface area contributed by atoms with Gasteiger partial charge < -0.3 is 10.6 Å². The predicted molar refractivity (Wildman–Crippen MR) is 91.2 cm³/mol. The van der Waals surface area contributed by atoms with Gasteiger partial charge in [-0.1, -0.05) is 24.3 Å². The number of anilines is 2. The van der Waals surface area contributed by atoms with Crippen molar-refractivity contribution in [3.8, 4) is 0 Å². The van der Waals surface area contributed by atoms with Gasteiger partial charge in [0.05, 0.1) is 5.69 Å². The zero-order chi connectivity index (χ0) is 14.7. The third kappa shape index (κ3) is 3.15. The van der Waals surface area contributed by atoms with Gasteiger partial charge in [-0.05, 0) is 65.5 Å². The van der Waals surface area contributed by atoms with Crippen molar-refractivity contribution in [3.05, 3.63) is 57.6 Å². The summed E-state index contributed by atoms with van der Waals surface area (Å²) in [4.78, 5) is 2.36. The monoisotopic (exact) mass is 332 g/mol. The predicted octanol–water partition coefficient (Wildman–Crippen LogP) is 4.67. The molecule has 106 valence electrons. The molecule has 0 fully saturated rings. The molecule has 0 spiro atoms. The first kappa shape index (κ1) is 14.9. The molecule has 0 aliphatic carbocycles. The van der Waals surface area contributed by atoms with Crippen molar-refractivity contribution < 1.29 is 0 Å². The molecule has 0 aromatic heterocycles. The van der Waals surface area contributed by atoms with Crippen LogP contribution in [-0.2, 0) is 6.54 Å². The highest BCUT2D eigenvalue weighted by molar-refractivity contribution is 9.10. The second-order valence-electron chi connectivity index (χ2n) is 5.10. The van der Waals surface area contributed by atoms with Gasteiger partial charge in [-0.15, -0.1) is 0 Å². The molecule has 0 saturated carbocycles. The van der Waals surface area contributed by atoms with Crippen LogP contribution < -0.4 is 10.6 Å². The molecule has 2 rings (SSSR count). The van der Waals surface area contributed by atoms with E-state index in [-0.39, 0.29) is 0 Å². The fourth-order valence-corrected chi connectivity index (χ4v) is 2.90. The van der Waals surface area contributed by atoms with E-state index in [1.165, 1.54) is 16.8 Å². The highest BCUT2D eigenvalue weighted by atomic mass is 79.9. The second-order valence-corrected chi connectivity index (χ2v) is 5.96. The molecule has 0 amide bonds. The fourth-order valence-electron chi connectivity index (χ4n) is 2.28. The molecule has 0 heterocycles.